The monoisotopic (exact) mass is 526 g/mol. The van der Waals surface area contributed by atoms with E-state index in [1.807, 2.05) is 0 Å². The fraction of sp³-hybridized carbons (Fsp3) is 0.120. The van der Waals surface area contributed by atoms with Crippen LogP contribution in [0.1, 0.15) is 43.6 Å². The van der Waals surface area contributed by atoms with Gasteiger partial charge in [-0.1, -0.05) is 24.3 Å². The molecule has 0 saturated heterocycles. The van der Waals surface area contributed by atoms with E-state index >= 15 is 0 Å². The molecule has 0 aliphatic carbocycles. The summed E-state index contributed by atoms with van der Waals surface area (Å²) in [5.41, 5.74) is 7.63. The number of carboxylic acid groups (broad SMARTS) is 1. The van der Waals surface area contributed by atoms with Crippen LogP contribution < -0.4 is 16.4 Å². The highest BCUT2D eigenvalue weighted by atomic mass is 32.2. The Morgan fingerprint density at radius 1 is 0.892 bits per heavy atom. The standard InChI is InChI=1S/C24H22N4O4.CH4O3S/c1-2-27-22(29)15-9-12-18(20(13-15)24(31)32)17-5-3-4-6-19(17)23(30)28-16-10-7-14(8-11-16)21(25)26;1-5(2,3)4/h3-13H,2H2,1H3,(H3,25,26)(H,27,29)(H,28,30)(H,31,32);1H3,(H,2,3,4). The second kappa shape index (κ2) is 12.4. The number of hydrogen-bond acceptors (Lipinski definition) is 6. The molecule has 12 heteroatoms. The summed E-state index contributed by atoms with van der Waals surface area (Å²) in [5, 5.41) is 22.6. The van der Waals surface area contributed by atoms with Crippen LogP contribution in [-0.2, 0) is 10.1 Å². The van der Waals surface area contributed by atoms with Gasteiger partial charge in [-0.25, -0.2) is 4.79 Å². The Kier molecular flexibility index (Phi) is 9.63. The van der Waals surface area contributed by atoms with Crippen LogP contribution in [0.2, 0.25) is 0 Å². The SMILES string of the molecule is CCNC(=O)c1ccc(-c2ccccc2C(=O)Nc2ccc(C(=N)N)cc2)c(C(=O)O)c1.CS(=O)(=O)O. The van der Waals surface area contributed by atoms with E-state index in [1.54, 1.807) is 55.5 Å². The average Bonchev–Trinajstić information content (AvgIpc) is 2.83. The molecule has 0 heterocycles. The van der Waals surface area contributed by atoms with Crippen molar-refractivity contribution in [3.05, 3.63) is 89.0 Å². The van der Waals surface area contributed by atoms with Crippen LogP contribution in [0.5, 0.6) is 0 Å². The normalized spacial score (nSPS) is 10.5. The summed E-state index contributed by atoms with van der Waals surface area (Å²) in [5.74, 6) is -2.09. The van der Waals surface area contributed by atoms with E-state index < -0.39 is 22.0 Å². The van der Waals surface area contributed by atoms with Gasteiger partial charge >= 0.3 is 5.97 Å². The van der Waals surface area contributed by atoms with E-state index in [4.69, 9.17) is 15.7 Å². The molecule has 0 aliphatic heterocycles. The van der Waals surface area contributed by atoms with Gasteiger partial charge in [-0.3, -0.25) is 19.6 Å². The number of nitrogens with one attached hydrogen (secondary N) is 3. The summed E-state index contributed by atoms with van der Waals surface area (Å²) < 4.78 is 25.9. The molecule has 2 amide bonds. The van der Waals surface area contributed by atoms with Gasteiger partial charge in [0, 0.05) is 28.9 Å². The van der Waals surface area contributed by atoms with Crippen molar-refractivity contribution >= 4 is 39.4 Å². The lowest BCUT2D eigenvalue weighted by molar-refractivity contribution is 0.0697. The lowest BCUT2D eigenvalue weighted by atomic mass is 9.93. The van der Waals surface area contributed by atoms with E-state index in [-0.39, 0.29) is 28.4 Å². The molecule has 0 atom stereocenters. The van der Waals surface area contributed by atoms with Crippen LogP contribution in [0.25, 0.3) is 11.1 Å². The molecule has 0 fully saturated rings. The van der Waals surface area contributed by atoms with Crippen LogP contribution in [0.4, 0.5) is 5.69 Å². The Hall–Kier alpha value is -4.55. The van der Waals surface area contributed by atoms with Gasteiger partial charge in [-0.05, 0) is 60.5 Å². The van der Waals surface area contributed by atoms with Gasteiger partial charge in [0.2, 0.25) is 0 Å². The number of benzene rings is 3. The van der Waals surface area contributed by atoms with Crippen molar-refractivity contribution in [3.63, 3.8) is 0 Å². The van der Waals surface area contributed by atoms with Crippen molar-refractivity contribution in [1.29, 1.82) is 5.41 Å². The summed E-state index contributed by atoms with van der Waals surface area (Å²) in [6.07, 6.45) is 0.715. The Morgan fingerprint density at radius 3 is 1.97 bits per heavy atom. The van der Waals surface area contributed by atoms with E-state index in [0.29, 0.717) is 35.2 Å². The summed E-state index contributed by atoms with van der Waals surface area (Å²) >= 11 is 0. The van der Waals surface area contributed by atoms with Gasteiger partial charge in [-0.15, -0.1) is 0 Å². The fourth-order valence-corrected chi connectivity index (χ4v) is 3.21. The molecule has 0 radical (unpaired) electrons. The topological polar surface area (TPSA) is 200 Å². The van der Waals surface area contributed by atoms with Crippen molar-refractivity contribution in [2.45, 2.75) is 6.92 Å². The number of rotatable bonds is 7. The summed E-state index contributed by atoms with van der Waals surface area (Å²) in [6.45, 7) is 2.19. The van der Waals surface area contributed by atoms with Gasteiger partial charge in [0.25, 0.3) is 21.9 Å². The highest BCUT2D eigenvalue weighted by Crippen LogP contribution is 2.29. The maximum absolute atomic E-state index is 13.0. The molecule has 0 saturated carbocycles. The molecule has 194 valence electrons. The fourth-order valence-electron chi connectivity index (χ4n) is 3.21. The van der Waals surface area contributed by atoms with Crippen LogP contribution in [0.3, 0.4) is 0 Å². The average molecular weight is 527 g/mol. The van der Waals surface area contributed by atoms with Crippen LogP contribution in [-0.4, -0.2) is 54.5 Å². The smallest absolute Gasteiger partial charge is 0.336 e. The van der Waals surface area contributed by atoms with Crippen molar-refractivity contribution in [1.82, 2.24) is 5.32 Å². The highest BCUT2D eigenvalue weighted by Gasteiger charge is 2.20. The van der Waals surface area contributed by atoms with Crippen molar-refractivity contribution in [2.75, 3.05) is 18.1 Å². The zero-order valence-electron chi connectivity index (χ0n) is 20.0. The van der Waals surface area contributed by atoms with Crippen LogP contribution in [0.15, 0.2) is 66.7 Å². The number of hydrogen-bond donors (Lipinski definition) is 6. The molecular weight excluding hydrogens is 500 g/mol. The first-order chi connectivity index (χ1) is 17.3. The molecule has 0 bridgehead atoms. The van der Waals surface area contributed by atoms with Gasteiger partial charge in [0.15, 0.2) is 0 Å². The number of amides is 2. The molecule has 0 aromatic heterocycles. The minimum atomic E-state index is -3.67. The summed E-state index contributed by atoms with van der Waals surface area (Å²) in [7, 11) is -3.67. The summed E-state index contributed by atoms with van der Waals surface area (Å²) in [6, 6.07) is 17.5. The van der Waals surface area contributed by atoms with Gasteiger partial charge in [0.1, 0.15) is 5.84 Å². The van der Waals surface area contributed by atoms with Gasteiger partial charge < -0.3 is 21.5 Å². The third-order valence-electron chi connectivity index (χ3n) is 4.77. The van der Waals surface area contributed by atoms with Crippen molar-refractivity contribution in [2.24, 2.45) is 5.73 Å². The molecule has 0 spiro atoms. The first-order valence-electron chi connectivity index (χ1n) is 10.7. The predicted octanol–water partition coefficient (Wildman–Crippen LogP) is 2.84. The van der Waals surface area contributed by atoms with Crippen molar-refractivity contribution in [3.8, 4) is 11.1 Å². The van der Waals surface area contributed by atoms with Crippen LogP contribution >= 0.6 is 0 Å². The zero-order chi connectivity index (χ0) is 27.8. The van der Waals surface area contributed by atoms with E-state index in [9.17, 15) is 27.9 Å². The predicted molar refractivity (Wildman–Crippen MR) is 140 cm³/mol. The molecule has 37 heavy (non-hydrogen) atoms. The molecule has 3 rings (SSSR count). The Labute approximate surface area is 213 Å². The Morgan fingerprint density at radius 2 is 1.43 bits per heavy atom. The molecule has 0 unspecified atom stereocenters. The number of anilines is 1. The number of carboxylic acids is 1. The number of aromatic carboxylic acids is 1. The molecule has 7 N–H and O–H groups in total. The third kappa shape index (κ3) is 8.56. The van der Waals surface area contributed by atoms with E-state index in [1.165, 1.54) is 18.2 Å². The maximum Gasteiger partial charge on any atom is 0.336 e. The first-order valence-corrected chi connectivity index (χ1v) is 12.6. The molecular formula is C25H26N4O7S. The lowest BCUT2D eigenvalue weighted by Crippen LogP contribution is -2.23. The number of carbonyl (C=O) groups excluding carboxylic acids is 2. The molecule has 0 aliphatic rings. The Bertz CT molecular complexity index is 1430. The Balaban J connectivity index is 0.000000877. The van der Waals surface area contributed by atoms with Gasteiger partial charge in [0.05, 0.1) is 11.8 Å². The minimum Gasteiger partial charge on any atom is -0.478 e. The van der Waals surface area contributed by atoms with E-state index in [0.717, 1.165) is 0 Å². The lowest BCUT2D eigenvalue weighted by Gasteiger charge is -2.14. The number of carbonyl (C=O) groups is 3. The van der Waals surface area contributed by atoms with Crippen molar-refractivity contribution < 1.29 is 32.5 Å². The second-order valence-corrected chi connectivity index (χ2v) is 9.11. The minimum absolute atomic E-state index is 0.0783. The first kappa shape index (κ1) is 28.7. The number of nitrogens with two attached hydrogens (primary N) is 1. The zero-order valence-corrected chi connectivity index (χ0v) is 20.8. The second-order valence-electron chi connectivity index (χ2n) is 7.65. The maximum atomic E-state index is 13.0. The molecule has 11 nitrogen and oxygen atoms in total. The molecule has 3 aromatic carbocycles. The van der Waals surface area contributed by atoms with Crippen LogP contribution in [0, 0.1) is 5.41 Å². The van der Waals surface area contributed by atoms with Gasteiger partial charge in [-0.2, -0.15) is 8.42 Å². The summed E-state index contributed by atoms with van der Waals surface area (Å²) in [4.78, 5) is 37.0. The largest absolute Gasteiger partial charge is 0.478 e. The highest BCUT2D eigenvalue weighted by molar-refractivity contribution is 7.85. The quantitative estimate of drug-likeness (QED) is 0.153. The number of nitrogen functional groups attached to an aromatic ring is 1. The van der Waals surface area contributed by atoms with E-state index in [2.05, 4.69) is 10.6 Å². The number of amidine groups is 1. The third-order valence-corrected chi connectivity index (χ3v) is 4.77. The molecule has 3 aromatic rings.